The molecule has 4 rings (SSSR count). The highest BCUT2D eigenvalue weighted by Crippen LogP contribution is 2.41. The number of nitrogen functional groups attached to an aromatic ring is 1. The van der Waals surface area contributed by atoms with Crippen LogP contribution in [0.1, 0.15) is 22.6 Å². The molecule has 0 saturated heterocycles. The van der Waals surface area contributed by atoms with Crippen molar-refractivity contribution in [2.24, 2.45) is 7.05 Å². The van der Waals surface area contributed by atoms with Crippen LogP contribution in [0.2, 0.25) is 5.15 Å². The quantitative estimate of drug-likeness (QED) is 0.543. The number of amides is 1. The van der Waals surface area contributed by atoms with E-state index in [2.05, 4.69) is 20.1 Å². The van der Waals surface area contributed by atoms with Gasteiger partial charge in [0.25, 0.3) is 5.91 Å². The summed E-state index contributed by atoms with van der Waals surface area (Å²) in [5.41, 5.74) is 9.17. The maximum atomic E-state index is 13.1. The van der Waals surface area contributed by atoms with Gasteiger partial charge in [-0.15, -0.1) is 0 Å². The Bertz CT molecular complexity index is 1020. The van der Waals surface area contributed by atoms with Gasteiger partial charge >= 0.3 is 0 Å². The minimum atomic E-state index is -0.222. The van der Waals surface area contributed by atoms with Gasteiger partial charge in [-0.1, -0.05) is 11.6 Å². The first-order valence-corrected chi connectivity index (χ1v) is 8.31. The number of aryl methyl sites for hydroxylation is 2. The van der Waals surface area contributed by atoms with E-state index >= 15 is 0 Å². The average molecular weight is 370 g/mol. The molecule has 8 nitrogen and oxygen atoms in total. The van der Waals surface area contributed by atoms with Gasteiger partial charge in [0.2, 0.25) is 5.95 Å². The van der Waals surface area contributed by atoms with Crippen molar-refractivity contribution in [1.29, 1.82) is 0 Å². The molecule has 0 aliphatic carbocycles. The lowest BCUT2D eigenvalue weighted by molar-refractivity contribution is -0.113. The van der Waals surface area contributed by atoms with E-state index < -0.39 is 0 Å². The van der Waals surface area contributed by atoms with Gasteiger partial charge < -0.3 is 10.7 Å². The Balaban J connectivity index is 1.83. The molecule has 132 valence electrons. The Morgan fingerprint density at radius 1 is 1.38 bits per heavy atom. The minimum Gasteiger partial charge on any atom is -0.368 e. The van der Waals surface area contributed by atoms with Crippen LogP contribution >= 0.6 is 11.6 Å². The van der Waals surface area contributed by atoms with E-state index in [0.717, 1.165) is 17.1 Å². The van der Waals surface area contributed by atoms with Crippen LogP contribution < -0.4 is 10.6 Å². The van der Waals surface area contributed by atoms with E-state index in [0.29, 0.717) is 17.0 Å². The third-order valence-electron chi connectivity index (χ3n) is 4.27. The number of rotatable bonds is 3. The molecule has 1 aliphatic heterocycles. The second kappa shape index (κ2) is 5.99. The lowest BCUT2D eigenvalue weighted by atomic mass is 10.1. The monoisotopic (exact) mass is 369 g/mol. The van der Waals surface area contributed by atoms with E-state index in [4.69, 9.17) is 17.3 Å². The van der Waals surface area contributed by atoms with Crippen LogP contribution in [0, 0.1) is 6.92 Å². The fourth-order valence-corrected chi connectivity index (χ4v) is 3.23. The molecule has 0 bridgehead atoms. The van der Waals surface area contributed by atoms with Gasteiger partial charge in [-0.05, 0) is 31.2 Å². The number of aromatic nitrogens is 5. The Morgan fingerprint density at radius 2 is 2.19 bits per heavy atom. The predicted molar refractivity (Wildman–Crippen MR) is 99.3 cm³/mol. The van der Waals surface area contributed by atoms with Crippen molar-refractivity contribution in [1.82, 2.24) is 24.7 Å². The average Bonchev–Trinajstić information content (AvgIpc) is 3.25. The maximum Gasteiger partial charge on any atom is 0.260 e. The molecular formula is C17H16ClN7O. The van der Waals surface area contributed by atoms with Crippen molar-refractivity contribution in [3.05, 3.63) is 52.2 Å². The smallest absolute Gasteiger partial charge is 0.260 e. The van der Waals surface area contributed by atoms with Crippen LogP contribution in [0.4, 0.5) is 11.8 Å². The van der Waals surface area contributed by atoms with E-state index in [1.54, 1.807) is 17.0 Å². The van der Waals surface area contributed by atoms with Gasteiger partial charge in [0.15, 0.2) is 5.82 Å². The van der Waals surface area contributed by atoms with Crippen molar-refractivity contribution >= 4 is 40.9 Å². The maximum absolute atomic E-state index is 13.1. The Morgan fingerprint density at radius 3 is 2.85 bits per heavy atom. The highest BCUT2D eigenvalue weighted by atomic mass is 35.5. The first kappa shape index (κ1) is 16.3. The second-order valence-electron chi connectivity index (χ2n) is 6.05. The van der Waals surface area contributed by atoms with E-state index in [1.165, 1.54) is 4.90 Å². The molecule has 9 heteroatoms. The van der Waals surface area contributed by atoms with Crippen molar-refractivity contribution in [3.8, 4) is 0 Å². The molecule has 26 heavy (non-hydrogen) atoms. The molecule has 0 unspecified atom stereocenters. The molecule has 1 amide bonds. The molecule has 0 saturated carbocycles. The molecule has 3 aromatic heterocycles. The highest BCUT2D eigenvalue weighted by molar-refractivity contribution is 6.41. The number of hydrogen-bond donors (Lipinski definition) is 2. The highest BCUT2D eigenvalue weighted by Gasteiger charge is 2.37. The minimum absolute atomic E-state index is 0.0184. The van der Waals surface area contributed by atoms with Crippen molar-refractivity contribution < 1.29 is 4.79 Å². The molecular weight excluding hydrogens is 354 g/mol. The Hall–Kier alpha value is -3.13. The van der Waals surface area contributed by atoms with Crippen LogP contribution in [-0.2, 0) is 18.4 Å². The van der Waals surface area contributed by atoms with Crippen LogP contribution in [-0.4, -0.2) is 30.6 Å². The molecule has 0 radical (unpaired) electrons. The summed E-state index contributed by atoms with van der Waals surface area (Å²) in [6.07, 6.45) is 3.51. The molecule has 0 atom stereocenters. The van der Waals surface area contributed by atoms with Crippen LogP contribution in [0.3, 0.4) is 0 Å². The number of anilines is 2. The lowest BCUT2D eigenvalue weighted by Crippen LogP contribution is -2.26. The largest absolute Gasteiger partial charge is 0.368 e. The number of halogens is 1. The summed E-state index contributed by atoms with van der Waals surface area (Å²) in [4.78, 5) is 25.9. The third kappa shape index (κ3) is 2.64. The normalized spacial score (nSPS) is 15.1. The fraction of sp³-hybridized carbons (Fsp3) is 0.176. The van der Waals surface area contributed by atoms with Gasteiger partial charge in [0.1, 0.15) is 5.15 Å². The zero-order chi connectivity index (χ0) is 18.4. The second-order valence-corrected chi connectivity index (χ2v) is 6.40. The van der Waals surface area contributed by atoms with E-state index in [1.807, 2.05) is 32.2 Å². The number of aromatic amines is 1. The number of nitrogens with zero attached hydrogens (tertiary/aromatic N) is 5. The molecule has 0 aromatic carbocycles. The van der Waals surface area contributed by atoms with Crippen molar-refractivity contribution in [3.63, 3.8) is 0 Å². The van der Waals surface area contributed by atoms with E-state index in [-0.39, 0.29) is 23.6 Å². The Labute approximate surface area is 154 Å². The molecule has 3 aromatic rings. The Kier molecular flexibility index (Phi) is 3.77. The fourth-order valence-electron chi connectivity index (χ4n) is 2.96. The van der Waals surface area contributed by atoms with Crippen LogP contribution in [0.5, 0.6) is 0 Å². The summed E-state index contributed by atoms with van der Waals surface area (Å²) in [5, 5.41) is 4.57. The van der Waals surface area contributed by atoms with Gasteiger partial charge in [0, 0.05) is 24.6 Å². The summed E-state index contributed by atoms with van der Waals surface area (Å²) in [6, 6.07) is 5.63. The molecule has 4 heterocycles. The molecule has 0 fully saturated rings. The van der Waals surface area contributed by atoms with Crippen molar-refractivity contribution in [2.45, 2.75) is 13.5 Å². The summed E-state index contributed by atoms with van der Waals surface area (Å²) >= 11 is 6.29. The number of nitrogens with one attached hydrogen (secondary N) is 1. The summed E-state index contributed by atoms with van der Waals surface area (Å²) < 4.78 is 1.76. The summed E-state index contributed by atoms with van der Waals surface area (Å²) in [5.74, 6) is 0.193. The van der Waals surface area contributed by atoms with Crippen molar-refractivity contribution in [2.75, 3.05) is 10.6 Å². The number of carbonyl (C=O) groups is 1. The molecule has 0 spiro atoms. The zero-order valence-electron chi connectivity index (χ0n) is 14.2. The SMILES string of the molecule is Cc1cc(CN2C(=O)/C(=C\c3ccc[nH]3)c3c(Cl)nc(N)nc32)nn1C. The number of fused-ring (bicyclic) bond motifs is 1. The number of carbonyl (C=O) groups excluding carboxylic acids is 1. The van der Waals surface area contributed by atoms with Gasteiger partial charge in [-0.3, -0.25) is 14.4 Å². The first-order valence-electron chi connectivity index (χ1n) is 7.94. The summed E-state index contributed by atoms with van der Waals surface area (Å²) in [6.45, 7) is 2.21. The predicted octanol–water partition coefficient (Wildman–Crippen LogP) is 2.17. The zero-order valence-corrected chi connectivity index (χ0v) is 14.9. The topological polar surface area (TPSA) is 106 Å². The van der Waals surface area contributed by atoms with E-state index in [9.17, 15) is 4.79 Å². The number of nitrogens with two attached hydrogens (primary N) is 1. The number of H-pyrrole nitrogens is 1. The summed E-state index contributed by atoms with van der Waals surface area (Å²) in [7, 11) is 1.85. The van der Waals surface area contributed by atoms with Crippen LogP contribution in [0.15, 0.2) is 24.4 Å². The lowest BCUT2D eigenvalue weighted by Gasteiger charge is -2.14. The van der Waals surface area contributed by atoms with Gasteiger partial charge in [-0.25, -0.2) is 4.98 Å². The molecule has 1 aliphatic rings. The van der Waals surface area contributed by atoms with Crippen LogP contribution in [0.25, 0.3) is 11.6 Å². The van der Waals surface area contributed by atoms with Gasteiger partial charge in [0.05, 0.1) is 23.4 Å². The standard InChI is InChI=1S/C17H16ClN7O/c1-9-6-11(23-24(9)2)8-25-15-13(14(18)21-17(19)22-15)12(16(25)26)7-10-4-3-5-20-10/h3-7,20H,8H2,1-2H3,(H2,19,21,22)/b12-7-. The number of hydrogen-bond acceptors (Lipinski definition) is 5. The third-order valence-corrected chi connectivity index (χ3v) is 4.54. The first-order chi connectivity index (χ1) is 12.4. The molecule has 3 N–H and O–H groups in total. The van der Waals surface area contributed by atoms with Gasteiger partial charge in [-0.2, -0.15) is 10.1 Å².